The molecule has 0 fully saturated rings. The van der Waals surface area contributed by atoms with E-state index in [9.17, 15) is 18.8 Å². The maximum absolute atomic E-state index is 13.0. The largest absolute Gasteiger partial charge is 0.492 e. The summed E-state index contributed by atoms with van der Waals surface area (Å²) in [5.41, 5.74) is 2.10. The summed E-state index contributed by atoms with van der Waals surface area (Å²) in [5, 5.41) is 9.29. The molecule has 2 aromatic carbocycles. The molecule has 41 heavy (non-hydrogen) atoms. The molecule has 2 unspecified atom stereocenters. The van der Waals surface area contributed by atoms with E-state index in [1.165, 1.54) is 17.0 Å². The van der Waals surface area contributed by atoms with Crippen molar-refractivity contribution in [1.82, 2.24) is 20.9 Å². The van der Waals surface area contributed by atoms with Gasteiger partial charge in [-0.15, -0.1) is 0 Å². The molecule has 3 N–H and O–H groups in total. The van der Waals surface area contributed by atoms with Crippen molar-refractivity contribution in [2.24, 2.45) is 5.92 Å². The Hall–Kier alpha value is -3.17. The molecule has 10 heteroatoms. The van der Waals surface area contributed by atoms with Crippen molar-refractivity contribution in [2.45, 2.75) is 59.4 Å². The molecule has 0 radical (unpaired) electrons. The molecule has 0 aliphatic heterocycles. The Kier molecular flexibility index (Phi) is 18.1. The van der Waals surface area contributed by atoms with E-state index in [0.717, 1.165) is 36.8 Å². The highest BCUT2D eigenvalue weighted by atomic mass is 35.5. The minimum absolute atomic E-state index is 0.0328. The Bertz CT molecular complexity index is 1030. The lowest BCUT2D eigenvalue weighted by molar-refractivity contribution is -0.137. The minimum atomic E-state index is -0.402. The summed E-state index contributed by atoms with van der Waals surface area (Å²) >= 11 is 6.14. The van der Waals surface area contributed by atoms with Gasteiger partial charge in [0.2, 0.25) is 18.2 Å². The molecule has 8 nitrogen and oxygen atoms in total. The molecule has 0 aromatic heterocycles. The zero-order chi connectivity index (χ0) is 30.6. The molecular formula is C31H46ClFN4O4. The van der Waals surface area contributed by atoms with Gasteiger partial charge < -0.3 is 25.6 Å². The van der Waals surface area contributed by atoms with Crippen LogP contribution in [0.1, 0.15) is 51.2 Å². The lowest BCUT2D eigenvalue weighted by atomic mass is 9.95. The van der Waals surface area contributed by atoms with Crippen LogP contribution >= 0.6 is 11.6 Å². The van der Waals surface area contributed by atoms with Crippen LogP contribution < -0.4 is 20.7 Å². The number of carbonyl (C=O) groups excluding carboxylic acids is 3. The first kappa shape index (κ1) is 35.9. The van der Waals surface area contributed by atoms with Gasteiger partial charge >= 0.3 is 0 Å². The molecule has 0 saturated heterocycles. The van der Waals surface area contributed by atoms with Gasteiger partial charge in [0.25, 0.3) is 0 Å². The van der Waals surface area contributed by atoms with Crippen molar-refractivity contribution in [1.29, 1.82) is 0 Å². The molecule has 3 amide bonds. The highest BCUT2D eigenvalue weighted by Crippen LogP contribution is 2.24. The summed E-state index contributed by atoms with van der Waals surface area (Å²) < 4.78 is 18.1. The molecule has 0 bridgehead atoms. The Balaban J connectivity index is 0.000000895. The van der Waals surface area contributed by atoms with Crippen LogP contribution in [0.25, 0.3) is 0 Å². The van der Waals surface area contributed by atoms with Crippen LogP contribution in [-0.4, -0.2) is 69.0 Å². The van der Waals surface area contributed by atoms with Crippen LogP contribution in [0.4, 0.5) is 4.39 Å². The standard InChI is InChI=1S/C24H39ClN4O4.C7H7F/c1-5-8-18(3)23(24(32)29(4)16-22(31)27-6-2)28-13-14-33-21-15-20(25)11-10-19(21)9-7-12-26-17-30;1-6-2-4-7(8)5-3-6/h10-11,15,17-18,23,28H,5-9,12-14,16H2,1-4H3,(H,26,30)(H,27,31);2-5H,1H3. The smallest absolute Gasteiger partial charge is 0.240 e. The molecule has 0 heterocycles. The maximum Gasteiger partial charge on any atom is 0.240 e. The number of ether oxygens (including phenoxy) is 1. The number of hydrogen-bond donors (Lipinski definition) is 3. The topological polar surface area (TPSA) is 99.8 Å². The highest BCUT2D eigenvalue weighted by molar-refractivity contribution is 6.30. The van der Waals surface area contributed by atoms with Gasteiger partial charge in [-0.3, -0.25) is 14.4 Å². The molecule has 2 rings (SSSR count). The molecule has 2 aromatic rings. The van der Waals surface area contributed by atoms with Crippen molar-refractivity contribution in [3.05, 3.63) is 64.4 Å². The number of amides is 3. The second kappa shape index (κ2) is 20.7. The summed E-state index contributed by atoms with van der Waals surface area (Å²) in [4.78, 5) is 36.8. The average Bonchev–Trinajstić information content (AvgIpc) is 2.94. The number of likely N-dealkylation sites (N-methyl/N-ethyl adjacent to an activating group) is 2. The zero-order valence-electron chi connectivity index (χ0n) is 25.0. The van der Waals surface area contributed by atoms with Gasteiger partial charge in [-0.25, -0.2) is 4.39 Å². The first-order valence-electron chi connectivity index (χ1n) is 14.2. The van der Waals surface area contributed by atoms with Gasteiger partial charge in [-0.2, -0.15) is 0 Å². The van der Waals surface area contributed by atoms with Crippen molar-refractivity contribution in [3.63, 3.8) is 0 Å². The van der Waals surface area contributed by atoms with E-state index in [1.54, 1.807) is 25.2 Å². The van der Waals surface area contributed by atoms with Crippen LogP contribution in [-0.2, 0) is 20.8 Å². The van der Waals surface area contributed by atoms with E-state index in [2.05, 4.69) is 22.9 Å². The Morgan fingerprint density at radius 2 is 1.83 bits per heavy atom. The second-order valence-electron chi connectivity index (χ2n) is 9.92. The van der Waals surface area contributed by atoms with Crippen molar-refractivity contribution < 1.29 is 23.5 Å². The normalized spacial score (nSPS) is 11.9. The average molecular weight is 593 g/mol. The third-order valence-electron chi connectivity index (χ3n) is 6.32. The predicted molar refractivity (Wildman–Crippen MR) is 163 cm³/mol. The van der Waals surface area contributed by atoms with E-state index < -0.39 is 6.04 Å². The summed E-state index contributed by atoms with van der Waals surface area (Å²) in [6.45, 7) is 9.90. The van der Waals surface area contributed by atoms with Gasteiger partial charge in [-0.1, -0.05) is 55.6 Å². The Labute approximate surface area is 249 Å². The molecule has 228 valence electrons. The fourth-order valence-electron chi connectivity index (χ4n) is 4.16. The third-order valence-corrected chi connectivity index (χ3v) is 6.56. The van der Waals surface area contributed by atoms with Crippen LogP contribution in [0.15, 0.2) is 42.5 Å². The number of nitrogens with one attached hydrogen (secondary N) is 3. The molecule has 0 aliphatic rings. The first-order valence-corrected chi connectivity index (χ1v) is 14.6. The molecule has 0 saturated carbocycles. The van der Waals surface area contributed by atoms with Crippen LogP contribution in [0.2, 0.25) is 5.02 Å². The van der Waals surface area contributed by atoms with Gasteiger partial charge in [0, 0.05) is 31.7 Å². The Morgan fingerprint density at radius 1 is 1.12 bits per heavy atom. The van der Waals surface area contributed by atoms with Crippen molar-refractivity contribution in [2.75, 3.05) is 39.8 Å². The van der Waals surface area contributed by atoms with Gasteiger partial charge in [0.05, 0.1) is 12.6 Å². The number of hydrogen-bond acceptors (Lipinski definition) is 5. The quantitative estimate of drug-likeness (QED) is 0.185. The van der Waals surface area contributed by atoms with E-state index in [-0.39, 0.29) is 30.1 Å². The fourth-order valence-corrected chi connectivity index (χ4v) is 4.32. The molecule has 0 spiro atoms. The predicted octanol–water partition coefficient (Wildman–Crippen LogP) is 4.52. The van der Waals surface area contributed by atoms with Gasteiger partial charge in [0.1, 0.15) is 18.2 Å². The number of benzene rings is 2. The van der Waals surface area contributed by atoms with Gasteiger partial charge in [0.15, 0.2) is 0 Å². The minimum Gasteiger partial charge on any atom is -0.492 e. The van der Waals surface area contributed by atoms with E-state index in [0.29, 0.717) is 43.4 Å². The Morgan fingerprint density at radius 3 is 2.44 bits per heavy atom. The molecule has 2 atom stereocenters. The number of carbonyl (C=O) groups is 3. The summed E-state index contributed by atoms with van der Waals surface area (Å²) in [7, 11) is 1.65. The molecule has 0 aliphatic carbocycles. The van der Waals surface area contributed by atoms with Crippen LogP contribution in [0.3, 0.4) is 0 Å². The van der Waals surface area contributed by atoms with E-state index >= 15 is 0 Å². The number of halogens is 2. The fraction of sp³-hybridized carbons (Fsp3) is 0.516. The zero-order valence-corrected chi connectivity index (χ0v) is 25.7. The summed E-state index contributed by atoms with van der Waals surface area (Å²) in [6.07, 6.45) is 4.09. The van der Waals surface area contributed by atoms with Crippen molar-refractivity contribution >= 4 is 29.8 Å². The second-order valence-corrected chi connectivity index (χ2v) is 10.4. The first-order chi connectivity index (χ1) is 19.6. The monoisotopic (exact) mass is 592 g/mol. The summed E-state index contributed by atoms with van der Waals surface area (Å²) in [6, 6.07) is 11.5. The maximum atomic E-state index is 13.0. The van der Waals surface area contributed by atoms with Crippen molar-refractivity contribution in [3.8, 4) is 5.75 Å². The third kappa shape index (κ3) is 14.9. The number of nitrogens with zero attached hydrogens (tertiary/aromatic N) is 1. The highest BCUT2D eigenvalue weighted by Gasteiger charge is 2.27. The number of rotatable bonds is 17. The van der Waals surface area contributed by atoms with Gasteiger partial charge in [-0.05, 0) is 68.9 Å². The summed E-state index contributed by atoms with van der Waals surface area (Å²) in [5.74, 6) is 0.374. The number of aryl methyl sites for hydroxylation is 2. The lowest BCUT2D eigenvalue weighted by Crippen LogP contribution is -2.51. The van der Waals surface area contributed by atoms with Crippen LogP contribution in [0, 0.1) is 18.7 Å². The lowest BCUT2D eigenvalue weighted by Gasteiger charge is -2.28. The van der Waals surface area contributed by atoms with Crippen LogP contribution in [0.5, 0.6) is 5.75 Å². The molecular weight excluding hydrogens is 547 g/mol. The van der Waals surface area contributed by atoms with E-state index in [1.807, 2.05) is 32.9 Å². The van der Waals surface area contributed by atoms with E-state index in [4.69, 9.17) is 16.3 Å². The SMILES string of the molecule is CCCC(C)C(NCCOc1cc(Cl)ccc1CCCNC=O)C(=O)N(C)CC(=O)NCC.Cc1ccc(F)cc1.